The molecule has 0 aromatic heterocycles. The molecule has 40 heavy (non-hydrogen) atoms. The number of anilines is 1. The summed E-state index contributed by atoms with van der Waals surface area (Å²) >= 11 is 12.3. The van der Waals surface area contributed by atoms with Gasteiger partial charge in [-0.25, -0.2) is 8.42 Å². The van der Waals surface area contributed by atoms with Crippen molar-refractivity contribution >= 4 is 50.7 Å². The number of amides is 2. The first kappa shape index (κ1) is 31.3. The number of benzene rings is 3. The van der Waals surface area contributed by atoms with Crippen LogP contribution in [0, 0.1) is 0 Å². The molecule has 2 amide bonds. The van der Waals surface area contributed by atoms with E-state index in [9.17, 15) is 18.0 Å². The van der Waals surface area contributed by atoms with Gasteiger partial charge in [0.1, 0.15) is 18.3 Å². The van der Waals surface area contributed by atoms with Crippen molar-refractivity contribution in [2.45, 2.75) is 50.7 Å². The second-order valence-electron chi connectivity index (χ2n) is 10.2. The molecule has 0 bridgehead atoms. The third kappa shape index (κ3) is 7.90. The second kappa shape index (κ2) is 12.9. The molecule has 0 aliphatic heterocycles. The van der Waals surface area contributed by atoms with Crippen LogP contribution in [0.4, 0.5) is 5.69 Å². The van der Waals surface area contributed by atoms with Crippen LogP contribution in [0.15, 0.2) is 77.7 Å². The Hall–Kier alpha value is -3.27. The Morgan fingerprint density at radius 2 is 1.57 bits per heavy atom. The summed E-state index contributed by atoms with van der Waals surface area (Å²) in [7, 11) is -2.65. The summed E-state index contributed by atoms with van der Waals surface area (Å²) in [5, 5.41) is 3.27. The van der Waals surface area contributed by atoms with Gasteiger partial charge in [-0.1, -0.05) is 53.5 Å². The van der Waals surface area contributed by atoms with E-state index in [0.29, 0.717) is 5.75 Å². The fourth-order valence-electron chi connectivity index (χ4n) is 3.87. The average Bonchev–Trinajstić information content (AvgIpc) is 2.91. The largest absolute Gasteiger partial charge is 0.497 e. The fourth-order valence-corrected chi connectivity index (χ4v) is 5.59. The molecule has 0 radical (unpaired) electrons. The summed E-state index contributed by atoms with van der Waals surface area (Å²) in [6.45, 7) is 6.60. The standard InChI is InChI=1S/C29H33Cl2N3O5S/c1-20(28(36)32-29(2,3)4)33(18-21-11-14-23(39-5)15-12-21)27(35)19-34(22-13-16-25(30)26(31)17-22)40(37,38)24-9-7-6-8-10-24/h6-17,20H,18-19H2,1-5H3,(H,32,36)/t20-/m1/s1. The number of nitrogens with one attached hydrogen (secondary N) is 1. The summed E-state index contributed by atoms with van der Waals surface area (Å²) in [6, 6.07) is 18.3. The highest BCUT2D eigenvalue weighted by Crippen LogP contribution is 2.31. The van der Waals surface area contributed by atoms with Crippen LogP contribution in [-0.2, 0) is 26.2 Å². The number of sulfonamides is 1. The molecular formula is C29H33Cl2N3O5S. The van der Waals surface area contributed by atoms with Gasteiger partial charge in [0.05, 0.1) is 27.7 Å². The molecule has 8 nitrogen and oxygen atoms in total. The number of methoxy groups -OCH3 is 1. The van der Waals surface area contributed by atoms with Crippen molar-refractivity contribution in [2.75, 3.05) is 18.0 Å². The smallest absolute Gasteiger partial charge is 0.264 e. The van der Waals surface area contributed by atoms with Crippen LogP contribution < -0.4 is 14.4 Å². The van der Waals surface area contributed by atoms with Gasteiger partial charge in [0.15, 0.2) is 0 Å². The number of hydrogen-bond acceptors (Lipinski definition) is 5. The molecule has 0 fully saturated rings. The SMILES string of the molecule is COc1ccc(CN(C(=O)CN(c2ccc(Cl)c(Cl)c2)S(=O)(=O)c2ccccc2)[C@H](C)C(=O)NC(C)(C)C)cc1. The zero-order valence-electron chi connectivity index (χ0n) is 23.0. The predicted molar refractivity (Wildman–Crippen MR) is 158 cm³/mol. The zero-order valence-corrected chi connectivity index (χ0v) is 25.3. The van der Waals surface area contributed by atoms with E-state index in [0.717, 1.165) is 9.87 Å². The first-order chi connectivity index (χ1) is 18.7. The third-order valence-electron chi connectivity index (χ3n) is 5.98. The van der Waals surface area contributed by atoms with E-state index >= 15 is 0 Å². The molecule has 3 rings (SSSR count). The van der Waals surface area contributed by atoms with E-state index in [1.54, 1.807) is 56.5 Å². The highest BCUT2D eigenvalue weighted by molar-refractivity contribution is 7.92. The first-order valence-corrected chi connectivity index (χ1v) is 14.7. The summed E-state index contributed by atoms with van der Waals surface area (Å²) < 4.78 is 33.8. The molecule has 1 N–H and O–H groups in total. The maximum atomic E-state index is 14.0. The quantitative estimate of drug-likeness (QED) is 0.328. The summed E-state index contributed by atoms with van der Waals surface area (Å²) in [4.78, 5) is 28.5. The molecule has 0 heterocycles. The molecule has 3 aromatic carbocycles. The van der Waals surface area contributed by atoms with Gasteiger partial charge in [0.25, 0.3) is 10.0 Å². The van der Waals surface area contributed by atoms with Crippen molar-refractivity contribution in [3.8, 4) is 5.75 Å². The third-order valence-corrected chi connectivity index (χ3v) is 8.51. The van der Waals surface area contributed by atoms with Gasteiger partial charge in [0.2, 0.25) is 11.8 Å². The lowest BCUT2D eigenvalue weighted by molar-refractivity contribution is -0.140. The molecule has 0 saturated carbocycles. The molecule has 214 valence electrons. The minimum absolute atomic E-state index is 0.00546. The van der Waals surface area contributed by atoms with E-state index in [-0.39, 0.29) is 33.1 Å². The second-order valence-corrected chi connectivity index (χ2v) is 12.9. The molecule has 1 atom stereocenters. The summed E-state index contributed by atoms with van der Waals surface area (Å²) in [5.74, 6) is -0.320. The van der Waals surface area contributed by atoms with E-state index in [2.05, 4.69) is 5.32 Å². The van der Waals surface area contributed by atoms with Gasteiger partial charge in [-0.15, -0.1) is 0 Å². The number of ether oxygens (including phenoxy) is 1. The first-order valence-electron chi connectivity index (χ1n) is 12.5. The number of carbonyl (C=O) groups is 2. The van der Waals surface area contributed by atoms with Crippen molar-refractivity contribution in [2.24, 2.45) is 0 Å². The monoisotopic (exact) mass is 605 g/mol. The van der Waals surface area contributed by atoms with Crippen LogP contribution >= 0.6 is 23.2 Å². The van der Waals surface area contributed by atoms with Gasteiger partial charge >= 0.3 is 0 Å². The van der Waals surface area contributed by atoms with E-state index in [1.807, 2.05) is 20.8 Å². The van der Waals surface area contributed by atoms with Crippen LogP contribution in [0.1, 0.15) is 33.3 Å². The number of rotatable bonds is 10. The molecule has 0 saturated heterocycles. The highest BCUT2D eigenvalue weighted by atomic mass is 35.5. The number of nitrogens with zero attached hydrogens (tertiary/aromatic N) is 2. The average molecular weight is 607 g/mol. The Bertz CT molecular complexity index is 1440. The Morgan fingerprint density at radius 3 is 2.12 bits per heavy atom. The van der Waals surface area contributed by atoms with Gasteiger partial charge < -0.3 is 15.0 Å². The van der Waals surface area contributed by atoms with Crippen molar-refractivity contribution < 1.29 is 22.7 Å². The molecule has 0 aliphatic rings. The molecule has 0 spiro atoms. The molecule has 0 unspecified atom stereocenters. The zero-order chi connectivity index (χ0) is 29.7. The van der Waals surface area contributed by atoms with Gasteiger partial charge in [-0.2, -0.15) is 0 Å². The summed E-state index contributed by atoms with van der Waals surface area (Å²) in [5.41, 5.74) is 0.350. The maximum Gasteiger partial charge on any atom is 0.264 e. The van der Waals surface area contributed by atoms with Crippen molar-refractivity contribution in [3.63, 3.8) is 0 Å². The number of carbonyl (C=O) groups excluding carboxylic acids is 2. The lowest BCUT2D eigenvalue weighted by Gasteiger charge is -2.33. The van der Waals surface area contributed by atoms with Crippen LogP contribution in [-0.4, -0.2) is 50.4 Å². The Labute approximate surface area is 245 Å². The Kier molecular flexibility index (Phi) is 10.1. The lowest BCUT2D eigenvalue weighted by atomic mass is 10.1. The summed E-state index contributed by atoms with van der Waals surface area (Å²) in [6.07, 6.45) is 0. The van der Waals surface area contributed by atoms with Crippen LogP contribution in [0.3, 0.4) is 0 Å². The van der Waals surface area contributed by atoms with E-state index in [1.165, 1.54) is 35.2 Å². The van der Waals surface area contributed by atoms with E-state index in [4.69, 9.17) is 27.9 Å². The van der Waals surface area contributed by atoms with Crippen molar-refractivity contribution in [3.05, 3.63) is 88.4 Å². The fraction of sp³-hybridized carbons (Fsp3) is 0.310. The molecule has 11 heteroatoms. The van der Waals surface area contributed by atoms with Crippen LogP contribution in [0.2, 0.25) is 10.0 Å². The molecule has 0 aliphatic carbocycles. The number of halogens is 2. The maximum absolute atomic E-state index is 14.0. The Morgan fingerprint density at radius 1 is 0.950 bits per heavy atom. The molecular weight excluding hydrogens is 573 g/mol. The van der Waals surface area contributed by atoms with Crippen molar-refractivity contribution in [1.29, 1.82) is 0 Å². The van der Waals surface area contributed by atoms with Crippen LogP contribution in [0.5, 0.6) is 5.75 Å². The van der Waals surface area contributed by atoms with Gasteiger partial charge in [0, 0.05) is 12.1 Å². The normalized spacial score (nSPS) is 12.4. The van der Waals surface area contributed by atoms with Gasteiger partial charge in [-0.3, -0.25) is 13.9 Å². The minimum atomic E-state index is -4.20. The predicted octanol–water partition coefficient (Wildman–Crippen LogP) is 5.53. The minimum Gasteiger partial charge on any atom is -0.497 e. The Balaban J connectivity index is 2.04. The molecule has 3 aromatic rings. The number of hydrogen-bond donors (Lipinski definition) is 1. The lowest BCUT2D eigenvalue weighted by Crippen LogP contribution is -2.54. The van der Waals surface area contributed by atoms with Gasteiger partial charge in [-0.05, 0) is 75.7 Å². The topological polar surface area (TPSA) is 96.0 Å². The van der Waals surface area contributed by atoms with Crippen LogP contribution in [0.25, 0.3) is 0 Å². The highest BCUT2D eigenvalue weighted by Gasteiger charge is 2.33. The van der Waals surface area contributed by atoms with E-state index < -0.39 is 34.1 Å². The van der Waals surface area contributed by atoms with Crippen molar-refractivity contribution in [1.82, 2.24) is 10.2 Å².